The van der Waals surface area contributed by atoms with Crippen LogP contribution in [-0.4, -0.2) is 23.3 Å². The predicted molar refractivity (Wildman–Crippen MR) is 126 cm³/mol. The van der Waals surface area contributed by atoms with E-state index in [1.54, 1.807) is 18.2 Å². The normalized spacial score (nSPS) is 11.8. The molecule has 156 valence electrons. The monoisotopic (exact) mass is 421 g/mol. The number of rotatable bonds is 8. The van der Waals surface area contributed by atoms with Gasteiger partial charge in [0.1, 0.15) is 5.75 Å². The number of aromatic hydroxyl groups is 1. The molecule has 6 N–H and O–H groups in total. The van der Waals surface area contributed by atoms with Gasteiger partial charge in [-0.3, -0.25) is 4.79 Å². The molecule has 6 heteroatoms. The number of hydrogen-bond acceptors (Lipinski definition) is 5. The second-order valence-corrected chi connectivity index (χ2v) is 8.30. The zero-order valence-corrected chi connectivity index (χ0v) is 17.8. The number of nitrogen functional groups attached to an aromatic ring is 2. The molecule has 0 bridgehead atoms. The summed E-state index contributed by atoms with van der Waals surface area (Å²) in [5.41, 5.74) is 17.4. The van der Waals surface area contributed by atoms with E-state index < -0.39 is 0 Å². The number of carbonyl (C=O) groups is 1. The first kappa shape index (κ1) is 21.6. The summed E-state index contributed by atoms with van der Waals surface area (Å²) in [4.78, 5) is 12.5. The maximum atomic E-state index is 12.5. The summed E-state index contributed by atoms with van der Waals surface area (Å²) in [7, 11) is 0. The number of thioether (sulfide) groups is 1. The van der Waals surface area contributed by atoms with Gasteiger partial charge in [0.25, 0.3) is 0 Å². The maximum Gasteiger partial charge on any atom is 0.230 e. The number of nitrogens with one attached hydrogen (secondary N) is 1. The van der Waals surface area contributed by atoms with Gasteiger partial charge in [-0.1, -0.05) is 36.4 Å². The van der Waals surface area contributed by atoms with Crippen molar-refractivity contribution in [2.75, 3.05) is 23.8 Å². The molecule has 0 saturated heterocycles. The molecule has 3 aromatic carbocycles. The van der Waals surface area contributed by atoms with Crippen LogP contribution < -0.4 is 16.8 Å². The van der Waals surface area contributed by atoms with E-state index in [1.165, 1.54) is 11.8 Å². The number of nitrogens with two attached hydrogens (primary N) is 2. The Balaban J connectivity index is 1.66. The molecular formula is C24H27N3O2S. The number of carbonyl (C=O) groups excluding carboxylic acids is 1. The fourth-order valence-electron chi connectivity index (χ4n) is 3.26. The Labute approximate surface area is 181 Å². The lowest BCUT2D eigenvalue weighted by Gasteiger charge is -2.21. The van der Waals surface area contributed by atoms with Crippen molar-refractivity contribution >= 4 is 29.0 Å². The molecule has 0 aliphatic rings. The molecule has 0 aliphatic heterocycles. The zero-order chi connectivity index (χ0) is 21.5. The van der Waals surface area contributed by atoms with Crippen LogP contribution in [0.1, 0.15) is 27.5 Å². The van der Waals surface area contributed by atoms with Crippen LogP contribution in [0.25, 0.3) is 0 Å². The molecule has 1 amide bonds. The molecule has 3 rings (SSSR count). The molecule has 1 unspecified atom stereocenters. The van der Waals surface area contributed by atoms with Gasteiger partial charge < -0.3 is 21.9 Å². The molecule has 5 nitrogen and oxygen atoms in total. The number of benzene rings is 3. The van der Waals surface area contributed by atoms with Crippen LogP contribution in [0, 0.1) is 6.92 Å². The lowest BCUT2D eigenvalue weighted by molar-refractivity contribution is -0.118. The fraction of sp³-hybridized carbons (Fsp3) is 0.208. The van der Waals surface area contributed by atoms with E-state index in [0.29, 0.717) is 12.2 Å². The Morgan fingerprint density at radius 1 is 1.03 bits per heavy atom. The summed E-state index contributed by atoms with van der Waals surface area (Å²) in [5, 5.41) is 12.8. The SMILES string of the molecule is Cc1ccccc1C(SCC(=O)NCCc1ccc(N)cc1)c1cc(O)ccc1N. The van der Waals surface area contributed by atoms with Crippen molar-refractivity contribution in [1.29, 1.82) is 0 Å². The van der Waals surface area contributed by atoms with E-state index in [9.17, 15) is 9.90 Å². The van der Waals surface area contributed by atoms with Crippen molar-refractivity contribution in [2.45, 2.75) is 18.6 Å². The topological polar surface area (TPSA) is 101 Å². The van der Waals surface area contributed by atoms with Crippen LogP contribution in [0.15, 0.2) is 66.7 Å². The van der Waals surface area contributed by atoms with E-state index in [1.807, 2.05) is 55.5 Å². The summed E-state index contributed by atoms with van der Waals surface area (Å²) in [6.07, 6.45) is 0.747. The van der Waals surface area contributed by atoms with Gasteiger partial charge in [-0.25, -0.2) is 0 Å². The van der Waals surface area contributed by atoms with Gasteiger partial charge in [0, 0.05) is 17.9 Å². The Hall–Kier alpha value is -3.12. The third-order valence-corrected chi connectivity index (χ3v) is 6.19. The highest BCUT2D eigenvalue weighted by Gasteiger charge is 2.21. The number of anilines is 2. The summed E-state index contributed by atoms with van der Waals surface area (Å²) >= 11 is 1.50. The molecule has 0 aliphatic carbocycles. The third kappa shape index (κ3) is 5.70. The van der Waals surface area contributed by atoms with Crippen LogP contribution >= 0.6 is 11.8 Å². The molecule has 0 spiro atoms. The Morgan fingerprint density at radius 2 is 1.77 bits per heavy atom. The summed E-state index contributed by atoms with van der Waals surface area (Å²) in [6, 6.07) is 20.6. The second kappa shape index (κ2) is 10.1. The average Bonchev–Trinajstić information content (AvgIpc) is 2.73. The molecule has 0 heterocycles. The van der Waals surface area contributed by atoms with E-state index in [2.05, 4.69) is 5.32 Å². The summed E-state index contributed by atoms with van der Waals surface area (Å²) in [6.45, 7) is 2.60. The molecule has 0 aromatic heterocycles. The highest BCUT2D eigenvalue weighted by Crippen LogP contribution is 2.40. The lowest BCUT2D eigenvalue weighted by Crippen LogP contribution is -2.27. The maximum absolute atomic E-state index is 12.5. The van der Waals surface area contributed by atoms with Crippen molar-refractivity contribution in [3.63, 3.8) is 0 Å². The average molecular weight is 422 g/mol. The fourth-order valence-corrected chi connectivity index (χ4v) is 4.51. The van der Waals surface area contributed by atoms with E-state index in [0.717, 1.165) is 34.4 Å². The standard InChI is InChI=1S/C24H27N3O2S/c1-16-4-2-3-5-20(16)24(21-14-19(28)10-11-22(21)26)30-15-23(29)27-13-12-17-6-8-18(25)9-7-17/h2-11,14,24,28H,12-13,15,25-26H2,1H3,(H,27,29). The Morgan fingerprint density at radius 3 is 2.50 bits per heavy atom. The molecule has 0 radical (unpaired) electrons. The van der Waals surface area contributed by atoms with Gasteiger partial charge in [0.15, 0.2) is 0 Å². The van der Waals surface area contributed by atoms with Gasteiger partial charge in [-0.05, 0) is 65.9 Å². The zero-order valence-electron chi connectivity index (χ0n) is 17.0. The van der Waals surface area contributed by atoms with Gasteiger partial charge in [0.2, 0.25) is 5.91 Å². The molecular weight excluding hydrogens is 394 g/mol. The minimum absolute atomic E-state index is 0.0345. The molecule has 0 fully saturated rings. The molecule has 1 atom stereocenters. The van der Waals surface area contributed by atoms with Crippen LogP contribution in [-0.2, 0) is 11.2 Å². The largest absolute Gasteiger partial charge is 0.508 e. The summed E-state index contributed by atoms with van der Waals surface area (Å²) < 4.78 is 0. The number of phenolic OH excluding ortho intramolecular Hbond substituents is 1. The number of hydrogen-bond donors (Lipinski definition) is 4. The van der Waals surface area contributed by atoms with E-state index >= 15 is 0 Å². The van der Waals surface area contributed by atoms with Crippen molar-refractivity contribution in [2.24, 2.45) is 0 Å². The van der Waals surface area contributed by atoms with Crippen molar-refractivity contribution in [1.82, 2.24) is 5.32 Å². The van der Waals surface area contributed by atoms with E-state index in [-0.39, 0.29) is 22.7 Å². The van der Waals surface area contributed by atoms with Crippen molar-refractivity contribution < 1.29 is 9.90 Å². The third-order valence-electron chi connectivity index (χ3n) is 4.92. The number of amides is 1. The minimum Gasteiger partial charge on any atom is -0.508 e. The highest BCUT2D eigenvalue weighted by molar-refractivity contribution is 8.00. The molecule has 3 aromatic rings. The Bertz CT molecular complexity index is 1010. The lowest BCUT2D eigenvalue weighted by atomic mass is 9.98. The predicted octanol–water partition coefficient (Wildman–Crippen LogP) is 4.05. The second-order valence-electron chi connectivity index (χ2n) is 7.20. The minimum atomic E-state index is -0.152. The number of aryl methyl sites for hydroxylation is 1. The summed E-state index contributed by atoms with van der Waals surface area (Å²) in [5.74, 6) is 0.412. The van der Waals surface area contributed by atoms with Gasteiger partial charge >= 0.3 is 0 Å². The molecule has 0 saturated carbocycles. The highest BCUT2D eigenvalue weighted by atomic mass is 32.2. The Kier molecular flexibility index (Phi) is 7.25. The first-order valence-electron chi connectivity index (χ1n) is 9.80. The van der Waals surface area contributed by atoms with Crippen LogP contribution in [0.2, 0.25) is 0 Å². The molecule has 30 heavy (non-hydrogen) atoms. The van der Waals surface area contributed by atoms with Crippen molar-refractivity contribution in [3.05, 3.63) is 89.0 Å². The smallest absolute Gasteiger partial charge is 0.230 e. The quantitative estimate of drug-likeness (QED) is 0.325. The van der Waals surface area contributed by atoms with Crippen molar-refractivity contribution in [3.8, 4) is 5.75 Å². The van der Waals surface area contributed by atoms with Crippen LogP contribution in [0.3, 0.4) is 0 Å². The van der Waals surface area contributed by atoms with Gasteiger partial charge in [0.05, 0.1) is 11.0 Å². The van der Waals surface area contributed by atoms with E-state index in [4.69, 9.17) is 11.5 Å². The van der Waals surface area contributed by atoms with Crippen LogP contribution in [0.4, 0.5) is 11.4 Å². The number of phenols is 1. The first-order valence-corrected chi connectivity index (χ1v) is 10.9. The van der Waals surface area contributed by atoms with Gasteiger partial charge in [-0.2, -0.15) is 0 Å². The van der Waals surface area contributed by atoms with Gasteiger partial charge in [-0.15, -0.1) is 11.8 Å². The first-order chi connectivity index (χ1) is 14.4. The van der Waals surface area contributed by atoms with Crippen LogP contribution in [0.5, 0.6) is 5.75 Å².